The minimum atomic E-state index is 0.0653. The van der Waals surface area contributed by atoms with Crippen molar-refractivity contribution in [2.75, 3.05) is 13.1 Å². The van der Waals surface area contributed by atoms with Gasteiger partial charge in [-0.2, -0.15) is 10.5 Å². The molecule has 2 N–H and O–H groups in total. The van der Waals surface area contributed by atoms with Crippen LogP contribution in [0.5, 0.6) is 0 Å². The van der Waals surface area contributed by atoms with Gasteiger partial charge in [0, 0.05) is 6.54 Å². The molecule has 19 heavy (non-hydrogen) atoms. The lowest BCUT2D eigenvalue weighted by atomic mass is 9.93. The van der Waals surface area contributed by atoms with E-state index in [4.69, 9.17) is 10.5 Å². The molecule has 1 unspecified atom stereocenters. The van der Waals surface area contributed by atoms with Crippen molar-refractivity contribution in [1.29, 1.82) is 10.5 Å². The van der Waals surface area contributed by atoms with Crippen LogP contribution < -0.4 is 10.6 Å². The predicted octanol–water partition coefficient (Wildman–Crippen LogP) is 2.11. The fourth-order valence-corrected chi connectivity index (χ4v) is 2.29. The molecule has 0 radical (unpaired) electrons. The summed E-state index contributed by atoms with van der Waals surface area (Å²) in [5, 5.41) is 23.2. The van der Waals surface area contributed by atoms with E-state index in [1.54, 1.807) is 0 Å². The summed E-state index contributed by atoms with van der Waals surface area (Å²) < 4.78 is 0. The molecule has 0 spiro atoms. The molecule has 0 aromatic carbocycles. The second-order valence-electron chi connectivity index (χ2n) is 5.29. The first-order chi connectivity index (χ1) is 9.19. The lowest BCUT2D eigenvalue weighted by Crippen LogP contribution is -2.37. The molecule has 0 saturated carbocycles. The van der Waals surface area contributed by atoms with Crippen LogP contribution >= 0.6 is 0 Å². The lowest BCUT2D eigenvalue weighted by molar-refractivity contribution is 0.337. The van der Waals surface area contributed by atoms with Crippen LogP contribution in [0.1, 0.15) is 39.0 Å². The van der Waals surface area contributed by atoms with Crippen molar-refractivity contribution in [3.63, 3.8) is 0 Å². The van der Waals surface area contributed by atoms with Crippen LogP contribution in [0, 0.1) is 28.6 Å². The number of nitriles is 2. The van der Waals surface area contributed by atoms with Gasteiger partial charge >= 0.3 is 0 Å². The minimum absolute atomic E-state index is 0.0653. The van der Waals surface area contributed by atoms with Gasteiger partial charge in [-0.3, -0.25) is 5.32 Å². The Morgan fingerprint density at radius 1 is 1.16 bits per heavy atom. The molecule has 104 valence electrons. The molecule has 0 bridgehead atoms. The van der Waals surface area contributed by atoms with Crippen LogP contribution in [0.2, 0.25) is 0 Å². The summed E-state index contributed by atoms with van der Waals surface area (Å²) in [6.45, 7) is 7.87. The van der Waals surface area contributed by atoms with Gasteiger partial charge in [-0.15, -0.1) is 0 Å². The van der Waals surface area contributed by atoms with Gasteiger partial charge in [-0.05, 0) is 38.1 Å². The maximum Gasteiger partial charge on any atom is 0.0958 e. The van der Waals surface area contributed by atoms with E-state index in [0.29, 0.717) is 0 Å². The molecule has 2 aliphatic rings. The standard InChI is InChI=1S/C8H14N2.C7H10N2/c1-2-7-3-4-8(5-9)10-6-7;1-6-2-3-7(4-8)9-5-6/h7-8,10H,2-4,6H2,1H3;7,9H,1-3,5H2/t7?,8-;7-/m00/s1. The molecule has 2 saturated heterocycles. The van der Waals surface area contributed by atoms with E-state index < -0.39 is 0 Å². The molecule has 4 heteroatoms. The first kappa shape index (κ1) is 15.7. The van der Waals surface area contributed by atoms with Gasteiger partial charge in [-0.25, -0.2) is 0 Å². The zero-order chi connectivity index (χ0) is 14.1. The summed E-state index contributed by atoms with van der Waals surface area (Å²) in [5.74, 6) is 0.810. The van der Waals surface area contributed by atoms with Crippen molar-refractivity contribution >= 4 is 0 Å². The van der Waals surface area contributed by atoms with E-state index in [1.165, 1.54) is 18.4 Å². The van der Waals surface area contributed by atoms with Crippen molar-refractivity contribution in [3.05, 3.63) is 12.2 Å². The van der Waals surface area contributed by atoms with Crippen LogP contribution in [0.4, 0.5) is 0 Å². The van der Waals surface area contributed by atoms with Gasteiger partial charge in [0.2, 0.25) is 0 Å². The van der Waals surface area contributed by atoms with E-state index in [-0.39, 0.29) is 12.1 Å². The highest BCUT2D eigenvalue weighted by molar-refractivity contribution is 5.06. The highest BCUT2D eigenvalue weighted by atomic mass is 14.9. The number of nitrogens with zero attached hydrogens (tertiary/aromatic N) is 2. The fourth-order valence-electron chi connectivity index (χ4n) is 2.29. The molecule has 0 amide bonds. The van der Waals surface area contributed by atoms with E-state index in [0.717, 1.165) is 38.3 Å². The SMILES string of the molecule is C=C1CC[C@@H](C#N)NC1.CCC1CC[C@@H](C#N)NC1. The molecule has 4 nitrogen and oxygen atoms in total. The second kappa shape index (κ2) is 8.69. The molecule has 0 aliphatic carbocycles. The largest absolute Gasteiger partial charge is 0.302 e. The molecule has 0 aromatic rings. The monoisotopic (exact) mass is 260 g/mol. The summed E-state index contributed by atoms with van der Waals surface area (Å²) in [6.07, 6.45) is 5.43. The Kier molecular flexibility index (Phi) is 7.18. The van der Waals surface area contributed by atoms with E-state index in [9.17, 15) is 0 Å². The van der Waals surface area contributed by atoms with Crippen LogP contribution in [-0.4, -0.2) is 25.2 Å². The van der Waals surface area contributed by atoms with Crippen LogP contribution in [-0.2, 0) is 0 Å². The highest BCUT2D eigenvalue weighted by Crippen LogP contribution is 2.16. The number of rotatable bonds is 1. The van der Waals surface area contributed by atoms with Gasteiger partial charge in [0.05, 0.1) is 24.2 Å². The second-order valence-corrected chi connectivity index (χ2v) is 5.29. The number of piperidine rings is 2. The van der Waals surface area contributed by atoms with E-state index in [2.05, 4.69) is 36.3 Å². The molecular formula is C15H24N4. The smallest absolute Gasteiger partial charge is 0.0958 e. The molecule has 2 aliphatic heterocycles. The number of hydrogen-bond acceptors (Lipinski definition) is 4. The minimum Gasteiger partial charge on any atom is -0.302 e. The van der Waals surface area contributed by atoms with Gasteiger partial charge in [0.25, 0.3) is 0 Å². The third kappa shape index (κ3) is 5.87. The summed E-state index contributed by atoms with van der Waals surface area (Å²) in [6, 6.07) is 4.60. The Balaban J connectivity index is 0.000000191. The Morgan fingerprint density at radius 2 is 1.84 bits per heavy atom. The molecule has 0 aromatic heterocycles. The van der Waals surface area contributed by atoms with Crippen LogP contribution in [0.15, 0.2) is 12.2 Å². The molecule has 2 heterocycles. The first-order valence-electron chi connectivity index (χ1n) is 7.12. The quantitative estimate of drug-likeness (QED) is 0.708. The maximum atomic E-state index is 8.54. The van der Waals surface area contributed by atoms with Crippen molar-refractivity contribution in [3.8, 4) is 12.1 Å². The normalized spacial score (nSPS) is 30.5. The van der Waals surface area contributed by atoms with Gasteiger partial charge < -0.3 is 5.32 Å². The maximum absolute atomic E-state index is 8.54. The van der Waals surface area contributed by atoms with E-state index >= 15 is 0 Å². The van der Waals surface area contributed by atoms with Crippen molar-refractivity contribution in [1.82, 2.24) is 10.6 Å². The topological polar surface area (TPSA) is 71.6 Å². The third-order valence-corrected chi connectivity index (χ3v) is 3.79. The lowest BCUT2D eigenvalue weighted by Gasteiger charge is -2.24. The van der Waals surface area contributed by atoms with Gasteiger partial charge in [0.1, 0.15) is 0 Å². The van der Waals surface area contributed by atoms with Crippen molar-refractivity contribution in [2.45, 2.75) is 51.1 Å². The van der Waals surface area contributed by atoms with Gasteiger partial charge in [-0.1, -0.05) is 25.5 Å². The Bertz CT molecular complexity index is 345. The molecular weight excluding hydrogens is 236 g/mol. The summed E-state index contributed by atoms with van der Waals surface area (Å²) >= 11 is 0. The molecule has 2 fully saturated rings. The average molecular weight is 260 g/mol. The zero-order valence-electron chi connectivity index (χ0n) is 11.8. The Labute approximate surface area is 116 Å². The zero-order valence-corrected chi connectivity index (χ0v) is 11.8. The van der Waals surface area contributed by atoms with Crippen LogP contribution in [0.25, 0.3) is 0 Å². The fraction of sp³-hybridized carbons (Fsp3) is 0.733. The summed E-state index contributed by atoms with van der Waals surface area (Å²) in [5.41, 5.74) is 1.21. The predicted molar refractivity (Wildman–Crippen MR) is 76.2 cm³/mol. The summed E-state index contributed by atoms with van der Waals surface area (Å²) in [4.78, 5) is 0. The van der Waals surface area contributed by atoms with E-state index in [1.807, 2.05) is 0 Å². The number of hydrogen-bond donors (Lipinski definition) is 2. The highest BCUT2D eigenvalue weighted by Gasteiger charge is 2.17. The third-order valence-electron chi connectivity index (χ3n) is 3.79. The average Bonchev–Trinajstić information content (AvgIpc) is 2.49. The molecule has 3 atom stereocenters. The Hall–Kier alpha value is -1.36. The van der Waals surface area contributed by atoms with Crippen LogP contribution in [0.3, 0.4) is 0 Å². The van der Waals surface area contributed by atoms with Crippen molar-refractivity contribution in [2.24, 2.45) is 5.92 Å². The van der Waals surface area contributed by atoms with Gasteiger partial charge in [0.15, 0.2) is 0 Å². The molecule has 2 rings (SSSR count). The van der Waals surface area contributed by atoms with Crippen molar-refractivity contribution < 1.29 is 0 Å². The Morgan fingerprint density at radius 3 is 2.26 bits per heavy atom. The summed E-state index contributed by atoms with van der Waals surface area (Å²) in [7, 11) is 0. The number of nitrogens with one attached hydrogen (secondary N) is 2. The first-order valence-corrected chi connectivity index (χ1v) is 7.12.